The van der Waals surface area contributed by atoms with Crippen molar-refractivity contribution in [3.05, 3.63) is 50.5 Å². The number of aliphatic imine (C=N–C) groups is 1. The third-order valence-corrected chi connectivity index (χ3v) is 9.60. The van der Waals surface area contributed by atoms with Crippen molar-refractivity contribution in [2.75, 3.05) is 25.4 Å². The molecule has 2 saturated heterocycles. The Hall–Kier alpha value is -2.57. The Morgan fingerprint density at radius 3 is 2.69 bits per heavy atom. The number of fused-ring (bicyclic) bond motifs is 1. The number of rotatable bonds is 7. The zero-order chi connectivity index (χ0) is 25.6. The van der Waals surface area contributed by atoms with E-state index < -0.39 is 22.9 Å². The number of carbonyl (C=O) groups excluding carboxylic acids is 2. The van der Waals surface area contributed by atoms with E-state index in [4.69, 9.17) is 4.74 Å². The van der Waals surface area contributed by atoms with Crippen molar-refractivity contribution in [2.45, 2.75) is 44.3 Å². The van der Waals surface area contributed by atoms with E-state index in [9.17, 15) is 24.8 Å². The molecule has 0 radical (unpaired) electrons. The molecule has 1 aromatic rings. The van der Waals surface area contributed by atoms with Crippen molar-refractivity contribution in [1.29, 1.82) is 0 Å². The summed E-state index contributed by atoms with van der Waals surface area (Å²) < 4.78 is 5.57. The summed E-state index contributed by atoms with van der Waals surface area (Å²) in [7, 11) is 0. The molecular formula is C24H28N4O6S2. The fourth-order valence-electron chi connectivity index (χ4n) is 5.09. The van der Waals surface area contributed by atoms with Gasteiger partial charge in [0.2, 0.25) is 5.91 Å². The van der Waals surface area contributed by atoms with Crippen LogP contribution in [0.15, 0.2) is 39.9 Å². The highest BCUT2D eigenvalue weighted by molar-refractivity contribution is 8.13. The molecule has 5 rings (SSSR count). The van der Waals surface area contributed by atoms with Gasteiger partial charge >= 0.3 is 5.97 Å². The van der Waals surface area contributed by atoms with Gasteiger partial charge in [0.05, 0.1) is 23.0 Å². The Kier molecular flexibility index (Phi) is 7.01. The van der Waals surface area contributed by atoms with Gasteiger partial charge in [-0.3, -0.25) is 19.9 Å². The van der Waals surface area contributed by atoms with Gasteiger partial charge in [0, 0.05) is 53.6 Å². The molecule has 0 aliphatic carbocycles. The number of ether oxygens (including phenoxy) is 1. The van der Waals surface area contributed by atoms with E-state index in [1.54, 1.807) is 42.6 Å². The van der Waals surface area contributed by atoms with Crippen LogP contribution in [0.2, 0.25) is 0 Å². The molecule has 12 heteroatoms. The highest BCUT2D eigenvalue weighted by Crippen LogP contribution is 2.52. The number of esters is 1. The molecule has 10 nitrogen and oxygen atoms in total. The van der Waals surface area contributed by atoms with Crippen molar-refractivity contribution in [3.63, 3.8) is 0 Å². The standard InChI is InChI=1S/C24H28N4O6S2/c1-13-19-18(14(2)29)22(30)27(19)20(23(31)34-12-15-4-6-16(7-5-15)28(32)33)21(13)36-17-10-26(11-17)24-25-8-3-9-35-24/h4-7,13-14,17-19,29H,3,8-12H2,1-2H3/t13-,14-,18-,19-/m1/s1. The molecule has 0 saturated carbocycles. The number of hydrogen-bond acceptors (Lipinski definition) is 10. The molecule has 2 fully saturated rings. The summed E-state index contributed by atoms with van der Waals surface area (Å²) in [4.78, 5) is 45.8. The highest BCUT2D eigenvalue weighted by atomic mass is 32.2. The first-order valence-corrected chi connectivity index (χ1v) is 13.9. The van der Waals surface area contributed by atoms with E-state index in [0.717, 1.165) is 41.9 Å². The Balaban J connectivity index is 1.31. The molecule has 4 heterocycles. The lowest BCUT2D eigenvalue weighted by molar-refractivity contribution is -0.384. The van der Waals surface area contributed by atoms with Gasteiger partial charge in [-0.05, 0) is 31.0 Å². The predicted molar refractivity (Wildman–Crippen MR) is 137 cm³/mol. The molecule has 0 spiro atoms. The average Bonchev–Trinajstić information content (AvgIpc) is 3.07. The van der Waals surface area contributed by atoms with Crippen LogP contribution in [-0.4, -0.2) is 79.7 Å². The predicted octanol–water partition coefficient (Wildman–Crippen LogP) is 2.62. The highest BCUT2D eigenvalue weighted by Gasteiger charge is 2.60. The molecule has 1 aromatic carbocycles. The fourth-order valence-corrected chi connectivity index (χ4v) is 7.57. The maximum absolute atomic E-state index is 13.3. The van der Waals surface area contributed by atoms with Crippen LogP contribution >= 0.6 is 23.5 Å². The minimum absolute atomic E-state index is 0.0404. The topological polar surface area (TPSA) is 126 Å². The average molecular weight is 533 g/mol. The Morgan fingerprint density at radius 1 is 1.36 bits per heavy atom. The molecule has 0 bridgehead atoms. The second-order valence-corrected chi connectivity index (χ2v) is 11.9. The third kappa shape index (κ3) is 4.50. The third-order valence-electron chi connectivity index (χ3n) is 7.01. The number of nitro benzene ring substituents is 1. The summed E-state index contributed by atoms with van der Waals surface area (Å²) in [5, 5.41) is 22.4. The number of amides is 1. The SMILES string of the molecule is C[C@@H](O)[C@H]1C(=O)N2C(C(=O)OCc3ccc([N+](=O)[O-])cc3)=C(SC3CN(C4=NCCCS4)C3)[C@H](C)[C@H]12. The van der Waals surface area contributed by atoms with Crippen molar-refractivity contribution in [2.24, 2.45) is 16.8 Å². The van der Waals surface area contributed by atoms with Crippen LogP contribution in [0.5, 0.6) is 0 Å². The molecule has 4 aliphatic rings. The summed E-state index contributed by atoms with van der Waals surface area (Å²) in [6, 6.07) is 5.55. The molecule has 4 atom stereocenters. The zero-order valence-corrected chi connectivity index (χ0v) is 21.7. The van der Waals surface area contributed by atoms with Crippen molar-refractivity contribution >= 4 is 46.3 Å². The maximum Gasteiger partial charge on any atom is 0.356 e. The molecule has 1 N–H and O–H groups in total. The number of nitro groups is 1. The smallest absolute Gasteiger partial charge is 0.356 e. The van der Waals surface area contributed by atoms with Crippen LogP contribution < -0.4 is 0 Å². The molecular weight excluding hydrogens is 504 g/mol. The van der Waals surface area contributed by atoms with E-state index in [-0.39, 0.29) is 41.1 Å². The summed E-state index contributed by atoms with van der Waals surface area (Å²) in [5.74, 6) is -0.403. The Bertz CT molecular complexity index is 1130. The van der Waals surface area contributed by atoms with Gasteiger partial charge in [-0.2, -0.15) is 0 Å². The lowest BCUT2D eigenvalue weighted by Gasteiger charge is -2.46. The van der Waals surface area contributed by atoms with E-state index in [1.807, 2.05) is 6.92 Å². The van der Waals surface area contributed by atoms with Gasteiger partial charge in [0.25, 0.3) is 5.69 Å². The lowest BCUT2D eigenvalue weighted by Crippen LogP contribution is -2.63. The molecule has 36 heavy (non-hydrogen) atoms. The van der Waals surface area contributed by atoms with Gasteiger partial charge in [0.1, 0.15) is 12.3 Å². The van der Waals surface area contributed by atoms with E-state index in [0.29, 0.717) is 5.56 Å². The number of benzene rings is 1. The van der Waals surface area contributed by atoms with Crippen molar-refractivity contribution in [3.8, 4) is 0 Å². The van der Waals surface area contributed by atoms with Crippen LogP contribution in [0.25, 0.3) is 0 Å². The number of carbonyl (C=O) groups is 2. The quantitative estimate of drug-likeness (QED) is 0.244. The molecule has 0 aromatic heterocycles. The van der Waals surface area contributed by atoms with Gasteiger partial charge in [0.15, 0.2) is 5.17 Å². The number of aliphatic hydroxyl groups is 1. The number of non-ortho nitro benzene ring substituents is 1. The minimum Gasteiger partial charge on any atom is -0.456 e. The number of hydrogen-bond donors (Lipinski definition) is 1. The van der Waals surface area contributed by atoms with Crippen LogP contribution in [0, 0.1) is 22.0 Å². The monoisotopic (exact) mass is 532 g/mol. The number of thioether (sulfide) groups is 2. The van der Waals surface area contributed by atoms with Gasteiger partial charge < -0.3 is 19.6 Å². The largest absolute Gasteiger partial charge is 0.456 e. The Labute approximate surface area is 217 Å². The number of nitrogens with zero attached hydrogens (tertiary/aromatic N) is 4. The van der Waals surface area contributed by atoms with E-state index in [2.05, 4.69) is 9.89 Å². The van der Waals surface area contributed by atoms with Crippen LogP contribution in [0.3, 0.4) is 0 Å². The summed E-state index contributed by atoms with van der Waals surface area (Å²) in [6.45, 7) is 6.07. The summed E-state index contributed by atoms with van der Waals surface area (Å²) in [6.07, 6.45) is 0.300. The van der Waals surface area contributed by atoms with Gasteiger partial charge in [-0.25, -0.2) is 4.79 Å². The molecule has 4 aliphatic heterocycles. The minimum atomic E-state index is -0.802. The molecule has 0 unspecified atom stereocenters. The van der Waals surface area contributed by atoms with Crippen LogP contribution in [-0.2, 0) is 20.9 Å². The maximum atomic E-state index is 13.3. The normalized spacial score (nSPS) is 26.7. The number of β-lactam (4-membered cyclic amide) rings is 1. The zero-order valence-electron chi connectivity index (χ0n) is 20.0. The summed E-state index contributed by atoms with van der Waals surface area (Å²) >= 11 is 3.40. The molecule has 1 amide bonds. The van der Waals surface area contributed by atoms with Crippen LogP contribution in [0.1, 0.15) is 25.8 Å². The van der Waals surface area contributed by atoms with E-state index in [1.165, 1.54) is 17.0 Å². The second kappa shape index (κ2) is 10.1. The van der Waals surface area contributed by atoms with Crippen molar-refractivity contribution < 1.29 is 24.4 Å². The van der Waals surface area contributed by atoms with Gasteiger partial charge in [-0.15, -0.1) is 11.8 Å². The summed E-state index contributed by atoms with van der Waals surface area (Å²) in [5.41, 5.74) is 0.842. The fraction of sp³-hybridized carbons (Fsp3) is 0.542. The van der Waals surface area contributed by atoms with Gasteiger partial charge in [-0.1, -0.05) is 18.7 Å². The van der Waals surface area contributed by atoms with Crippen molar-refractivity contribution in [1.82, 2.24) is 9.80 Å². The molecule has 192 valence electrons. The first kappa shape index (κ1) is 25.1. The number of likely N-dealkylation sites (tertiary alicyclic amines) is 1. The lowest BCUT2D eigenvalue weighted by atomic mass is 9.79. The first-order chi connectivity index (χ1) is 17.3. The second-order valence-electron chi connectivity index (χ2n) is 9.48. The Morgan fingerprint density at radius 2 is 2.08 bits per heavy atom. The van der Waals surface area contributed by atoms with E-state index >= 15 is 0 Å². The first-order valence-electron chi connectivity index (χ1n) is 12.0. The number of amidine groups is 1. The van der Waals surface area contributed by atoms with Crippen LogP contribution in [0.4, 0.5) is 5.69 Å². The number of aliphatic hydroxyl groups excluding tert-OH is 1.